The minimum Gasteiger partial charge on any atom is -0.494 e. The maximum absolute atomic E-state index is 12.9. The Hall–Kier alpha value is -2.45. The van der Waals surface area contributed by atoms with Gasteiger partial charge in [-0.3, -0.25) is 4.79 Å². The average molecular weight is 394 g/mol. The third-order valence-electron chi connectivity index (χ3n) is 3.88. The summed E-state index contributed by atoms with van der Waals surface area (Å²) < 4.78 is 45.2. The first-order valence-corrected chi connectivity index (χ1v) is 10.0. The van der Waals surface area contributed by atoms with Gasteiger partial charge in [0.1, 0.15) is 11.6 Å². The lowest BCUT2D eigenvalue weighted by molar-refractivity contribution is -0.116. The van der Waals surface area contributed by atoms with Gasteiger partial charge in [-0.25, -0.2) is 12.8 Å². The first-order chi connectivity index (χ1) is 12.8. The number of anilines is 1. The van der Waals surface area contributed by atoms with Crippen molar-refractivity contribution >= 4 is 21.6 Å². The minimum absolute atomic E-state index is 0.0971. The summed E-state index contributed by atoms with van der Waals surface area (Å²) in [6.45, 7) is 5.54. The lowest BCUT2D eigenvalue weighted by atomic mass is 10.2. The molecule has 1 N–H and O–H groups in total. The van der Waals surface area contributed by atoms with Crippen molar-refractivity contribution in [2.45, 2.75) is 25.7 Å². The van der Waals surface area contributed by atoms with Crippen LogP contribution in [0.1, 0.15) is 19.4 Å². The third kappa shape index (κ3) is 5.27. The number of rotatable bonds is 8. The molecule has 146 valence electrons. The van der Waals surface area contributed by atoms with Crippen molar-refractivity contribution in [2.24, 2.45) is 0 Å². The van der Waals surface area contributed by atoms with Crippen molar-refractivity contribution in [3.05, 3.63) is 53.8 Å². The van der Waals surface area contributed by atoms with Gasteiger partial charge in [-0.05, 0) is 61.9 Å². The number of nitrogens with zero attached hydrogens (tertiary/aromatic N) is 1. The minimum atomic E-state index is -3.84. The zero-order valence-corrected chi connectivity index (χ0v) is 16.3. The fraction of sp³-hybridized carbons (Fsp3) is 0.316. The Labute approximate surface area is 159 Å². The molecule has 0 aliphatic heterocycles. The molecule has 0 spiro atoms. The molecule has 2 aromatic carbocycles. The Bertz CT molecular complexity index is 898. The molecule has 2 rings (SSSR count). The van der Waals surface area contributed by atoms with Crippen LogP contribution in [0, 0.1) is 12.7 Å². The van der Waals surface area contributed by atoms with Crippen molar-refractivity contribution in [3.8, 4) is 5.75 Å². The first-order valence-electron chi connectivity index (χ1n) is 8.57. The van der Waals surface area contributed by atoms with Crippen LogP contribution >= 0.6 is 0 Å². The van der Waals surface area contributed by atoms with E-state index >= 15 is 0 Å². The predicted molar refractivity (Wildman–Crippen MR) is 102 cm³/mol. The van der Waals surface area contributed by atoms with Crippen LogP contribution in [0.2, 0.25) is 0 Å². The van der Waals surface area contributed by atoms with E-state index in [9.17, 15) is 17.6 Å². The van der Waals surface area contributed by atoms with Gasteiger partial charge in [0, 0.05) is 12.2 Å². The summed E-state index contributed by atoms with van der Waals surface area (Å²) in [7, 11) is -3.84. The summed E-state index contributed by atoms with van der Waals surface area (Å²) in [6.07, 6.45) is 0. The molecule has 0 atom stereocenters. The van der Waals surface area contributed by atoms with Crippen molar-refractivity contribution in [1.82, 2.24) is 4.31 Å². The second-order valence-electron chi connectivity index (χ2n) is 5.85. The predicted octanol–water partition coefficient (Wildman–Crippen LogP) is 3.18. The van der Waals surface area contributed by atoms with Gasteiger partial charge in [0.2, 0.25) is 15.9 Å². The molecule has 0 aliphatic carbocycles. The quantitative estimate of drug-likeness (QED) is 0.746. The number of carbonyl (C=O) groups excluding carboxylic acids is 1. The number of likely N-dealkylation sites (N-methyl/N-ethyl adjacent to an activating group) is 1. The van der Waals surface area contributed by atoms with Gasteiger partial charge in [-0.15, -0.1) is 0 Å². The molecule has 8 heteroatoms. The Morgan fingerprint density at radius 3 is 2.37 bits per heavy atom. The second kappa shape index (κ2) is 8.96. The Kier molecular flexibility index (Phi) is 6.92. The monoisotopic (exact) mass is 394 g/mol. The number of ether oxygens (including phenoxy) is 1. The molecule has 0 aromatic heterocycles. The maximum Gasteiger partial charge on any atom is 0.243 e. The van der Waals surface area contributed by atoms with E-state index in [0.29, 0.717) is 23.6 Å². The highest BCUT2D eigenvalue weighted by atomic mass is 32.2. The van der Waals surface area contributed by atoms with E-state index in [1.807, 2.05) is 6.92 Å². The summed E-state index contributed by atoms with van der Waals surface area (Å²) >= 11 is 0. The van der Waals surface area contributed by atoms with Crippen LogP contribution in [-0.2, 0) is 14.8 Å². The number of benzene rings is 2. The summed E-state index contributed by atoms with van der Waals surface area (Å²) in [5.74, 6) is -0.306. The highest BCUT2D eigenvalue weighted by molar-refractivity contribution is 7.89. The number of halogens is 1. The third-order valence-corrected chi connectivity index (χ3v) is 5.80. The molecule has 0 saturated heterocycles. The van der Waals surface area contributed by atoms with Gasteiger partial charge in [0.25, 0.3) is 0 Å². The molecule has 6 nitrogen and oxygen atoms in total. The topological polar surface area (TPSA) is 75.7 Å². The van der Waals surface area contributed by atoms with E-state index in [1.165, 1.54) is 36.4 Å². The lowest BCUT2D eigenvalue weighted by Gasteiger charge is -2.20. The molecular weight excluding hydrogens is 371 g/mol. The van der Waals surface area contributed by atoms with Gasteiger partial charge in [-0.1, -0.05) is 6.92 Å². The van der Waals surface area contributed by atoms with Gasteiger partial charge in [-0.2, -0.15) is 4.31 Å². The van der Waals surface area contributed by atoms with Crippen LogP contribution < -0.4 is 10.1 Å². The molecule has 1 amide bonds. The molecule has 2 aromatic rings. The van der Waals surface area contributed by atoms with Crippen molar-refractivity contribution in [3.63, 3.8) is 0 Å². The molecule has 0 aliphatic rings. The number of carbonyl (C=O) groups is 1. The number of nitrogens with one attached hydrogen (secondary N) is 1. The van der Waals surface area contributed by atoms with Crippen molar-refractivity contribution in [2.75, 3.05) is 25.0 Å². The fourth-order valence-corrected chi connectivity index (χ4v) is 4.00. The van der Waals surface area contributed by atoms with Crippen LogP contribution in [0.25, 0.3) is 0 Å². The van der Waals surface area contributed by atoms with Crippen LogP contribution in [0.4, 0.5) is 10.1 Å². The van der Waals surface area contributed by atoms with E-state index in [0.717, 1.165) is 4.31 Å². The number of hydrogen-bond acceptors (Lipinski definition) is 4. The Balaban J connectivity index is 2.15. The Morgan fingerprint density at radius 2 is 1.81 bits per heavy atom. The highest BCUT2D eigenvalue weighted by Crippen LogP contribution is 2.24. The molecule has 0 heterocycles. The standard InChI is InChI=1S/C19H23FN2O4S/c1-4-22(13-19(23)21-16-8-6-15(20)7-9-16)27(24,25)17-10-11-18(26-5-2)14(3)12-17/h6-12H,4-5,13H2,1-3H3,(H,21,23). The molecule has 0 saturated carbocycles. The molecular formula is C19H23FN2O4S. The normalized spacial score (nSPS) is 11.4. The first kappa shape index (κ1) is 20.9. The smallest absolute Gasteiger partial charge is 0.243 e. The molecule has 27 heavy (non-hydrogen) atoms. The molecule has 0 radical (unpaired) electrons. The average Bonchev–Trinajstić information content (AvgIpc) is 2.63. The molecule has 0 fully saturated rings. The summed E-state index contributed by atoms with van der Waals surface area (Å²) in [4.78, 5) is 12.3. The number of aryl methyl sites for hydroxylation is 1. The maximum atomic E-state index is 12.9. The van der Waals surface area contributed by atoms with Crippen LogP contribution in [-0.4, -0.2) is 38.3 Å². The molecule has 0 unspecified atom stereocenters. The SMILES string of the molecule is CCOc1ccc(S(=O)(=O)N(CC)CC(=O)Nc2ccc(F)cc2)cc1C. The van der Waals surface area contributed by atoms with Crippen molar-refractivity contribution in [1.29, 1.82) is 0 Å². The fourth-order valence-electron chi connectivity index (χ4n) is 2.51. The highest BCUT2D eigenvalue weighted by Gasteiger charge is 2.26. The summed E-state index contributed by atoms with van der Waals surface area (Å²) in [5, 5.41) is 2.56. The lowest BCUT2D eigenvalue weighted by Crippen LogP contribution is -2.37. The van der Waals surface area contributed by atoms with E-state index in [2.05, 4.69) is 5.32 Å². The van der Waals surface area contributed by atoms with Gasteiger partial charge >= 0.3 is 0 Å². The van der Waals surface area contributed by atoms with Crippen molar-refractivity contribution < 1.29 is 22.3 Å². The van der Waals surface area contributed by atoms with Gasteiger partial charge < -0.3 is 10.1 Å². The van der Waals surface area contributed by atoms with Gasteiger partial charge in [0.05, 0.1) is 18.0 Å². The number of amides is 1. The summed E-state index contributed by atoms with van der Waals surface area (Å²) in [6, 6.07) is 9.85. The van der Waals surface area contributed by atoms with Crippen LogP contribution in [0.3, 0.4) is 0 Å². The largest absolute Gasteiger partial charge is 0.494 e. The van der Waals surface area contributed by atoms with Crippen LogP contribution in [0.15, 0.2) is 47.4 Å². The van der Waals surface area contributed by atoms with E-state index < -0.39 is 21.7 Å². The van der Waals surface area contributed by atoms with E-state index in [-0.39, 0.29) is 18.0 Å². The van der Waals surface area contributed by atoms with Gasteiger partial charge in [0.15, 0.2) is 0 Å². The van der Waals surface area contributed by atoms with E-state index in [4.69, 9.17) is 4.74 Å². The summed E-state index contributed by atoms with van der Waals surface area (Å²) in [5.41, 5.74) is 1.09. The number of hydrogen-bond donors (Lipinski definition) is 1. The zero-order chi connectivity index (χ0) is 20.0. The Morgan fingerprint density at radius 1 is 1.15 bits per heavy atom. The zero-order valence-electron chi connectivity index (χ0n) is 15.5. The number of sulfonamides is 1. The molecule has 0 bridgehead atoms. The van der Waals surface area contributed by atoms with Crippen LogP contribution in [0.5, 0.6) is 5.75 Å². The second-order valence-corrected chi connectivity index (χ2v) is 7.78. The van der Waals surface area contributed by atoms with E-state index in [1.54, 1.807) is 19.9 Å².